The standard InChI is InChI=1S/C9H18ClNS/c1-9(8-10)2-3-11-4-6-12-7-5-11/h9H,2-8H2,1H3. The second-order valence-corrected chi connectivity index (χ2v) is 5.04. The van der Waals surface area contributed by atoms with Crippen LogP contribution in [0.2, 0.25) is 0 Å². The molecule has 0 aromatic heterocycles. The molecule has 0 spiro atoms. The van der Waals surface area contributed by atoms with E-state index in [4.69, 9.17) is 11.6 Å². The van der Waals surface area contributed by atoms with Crippen molar-refractivity contribution in [1.29, 1.82) is 0 Å². The SMILES string of the molecule is CC(CCl)CCN1CCSCC1. The maximum absolute atomic E-state index is 5.75. The number of nitrogens with zero attached hydrogens (tertiary/aromatic N) is 1. The van der Waals surface area contributed by atoms with E-state index in [-0.39, 0.29) is 0 Å². The van der Waals surface area contributed by atoms with Crippen LogP contribution in [0, 0.1) is 5.92 Å². The van der Waals surface area contributed by atoms with Crippen LogP contribution in [0.15, 0.2) is 0 Å². The van der Waals surface area contributed by atoms with Crippen LogP contribution in [0.3, 0.4) is 0 Å². The second-order valence-electron chi connectivity index (χ2n) is 3.50. The third-order valence-corrected chi connectivity index (χ3v) is 3.77. The number of halogens is 1. The molecule has 0 radical (unpaired) electrons. The molecular formula is C9H18ClNS. The molecule has 1 fully saturated rings. The molecule has 1 nitrogen and oxygen atoms in total. The number of hydrogen-bond acceptors (Lipinski definition) is 2. The number of thioether (sulfide) groups is 1. The highest BCUT2D eigenvalue weighted by atomic mass is 35.5. The van der Waals surface area contributed by atoms with Gasteiger partial charge in [0.2, 0.25) is 0 Å². The summed E-state index contributed by atoms with van der Waals surface area (Å²) in [4.78, 5) is 2.56. The van der Waals surface area contributed by atoms with E-state index in [0.717, 1.165) is 5.88 Å². The first-order valence-electron chi connectivity index (χ1n) is 4.69. The Balaban J connectivity index is 2.05. The van der Waals surface area contributed by atoms with Crippen molar-refractivity contribution >= 4 is 23.4 Å². The van der Waals surface area contributed by atoms with E-state index in [9.17, 15) is 0 Å². The molecule has 0 N–H and O–H groups in total. The molecule has 0 aliphatic carbocycles. The zero-order chi connectivity index (χ0) is 8.81. The van der Waals surface area contributed by atoms with Gasteiger partial charge in [-0.3, -0.25) is 0 Å². The number of hydrogen-bond donors (Lipinski definition) is 0. The van der Waals surface area contributed by atoms with Crippen LogP contribution in [0.5, 0.6) is 0 Å². The van der Waals surface area contributed by atoms with Crippen molar-refractivity contribution in [3.05, 3.63) is 0 Å². The highest BCUT2D eigenvalue weighted by Crippen LogP contribution is 2.11. The van der Waals surface area contributed by atoms with Crippen LogP contribution >= 0.6 is 23.4 Å². The van der Waals surface area contributed by atoms with E-state index in [1.165, 1.54) is 37.6 Å². The first-order valence-corrected chi connectivity index (χ1v) is 6.38. The first kappa shape index (κ1) is 10.7. The Morgan fingerprint density at radius 2 is 2.08 bits per heavy atom. The lowest BCUT2D eigenvalue weighted by molar-refractivity contribution is 0.283. The summed E-state index contributed by atoms with van der Waals surface area (Å²) in [5, 5.41) is 0. The largest absolute Gasteiger partial charge is 0.302 e. The van der Waals surface area contributed by atoms with Crippen molar-refractivity contribution in [3.63, 3.8) is 0 Å². The minimum Gasteiger partial charge on any atom is -0.302 e. The van der Waals surface area contributed by atoms with Gasteiger partial charge < -0.3 is 4.90 Å². The van der Waals surface area contributed by atoms with Gasteiger partial charge in [-0.05, 0) is 18.9 Å². The number of alkyl halides is 1. The van der Waals surface area contributed by atoms with Gasteiger partial charge in [-0.15, -0.1) is 11.6 Å². The van der Waals surface area contributed by atoms with Gasteiger partial charge in [-0.2, -0.15) is 11.8 Å². The molecule has 0 aromatic rings. The number of rotatable bonds is 4. The quantitative estimate of drug-likeness (QED) is 0.651. The van der Waals surface area contributed by atoms with Crippen LogP contribution in [0.25, 0.3) is 0 Å². The van der Waals surface area contributed by atoms with E-state index in [1.54, 1.807) is 0 Å². The average molecular weight is 208 g/mol. The molecule has 1 atom stereocenters. The predicted octanol–water partition coefficient (Wildman–Crippen LogP) is 2.30. The molecule has 3 heteroatoms. The Hall–Kier alpha value is 0.600. The molecule has 0 saturated carbocycles. The first-order chi connectivity index (χ1) is 5.83. The maximum atomic E-state index is 5.75. The zero-order valence-corrected chi connectivity index (χ0v) is 9.33. The van der Waals surface area contributed by atoms with Crippen molar-refractivity contribution < 1.29 is 0 Å². The summed E-state index contributed by atoms with van der Waals surface area (Å²) in [6.07, 6.45) is 1.26. The summed E-state index contributed by atoms with van der Waals surface area (Å²) in [5.41, 5.74) is 0. The summed E-state index contributed by atoms with van der Waals surface area (Å²) >= 11 is 7.82. The average Bonchev–Trinajstić information content (AvgIpc) is 2.16. The minimum atomic E-state index is 0.682. The molecule has 12 heavy (non-hydrogen) atoms. The summed E-state index contributed by atoms with van der Waals surface area (Å²) < 4.78 is 0. The molecule has 1 unspecified atom stereocenters. The Morgan fingerprint density at radius 3 is 2.67 bits per heavy atom. The third kappa shape index (κ3) is 4.01. The third-order valence-electron chi connectivity index (χ3n) is 2.31. The van der Waals surface area contributed by atoms with Crippen molar-refractivity contribution in [2.75, 3.05) is 37.0 Å². The molecule has 1 saturated heterocycles. The van der Waals surface area contributed by atoms with Crippen molar-refractivity contribution in [3.8, 4) is 0 Å². The lowest BCUT2D eigenvalue weighted by Gasteiger charge is -2.26. The maximum Gasteiger partial charge on any atom is 0.0249 e. The van der Waals surface area contributed by atoms with E-state index in [0.29, 0.717) is 5.92 Å². The smallest absolute Gasteiger partial charge is 0.0249 e. The molecule has 0 amide bonds. The highest BCUT2D eigenvalue weighted by molar-refractivity contribution is 7.99. The molecule has 1 heterocycles. The van der Waals surface area contributed by atoms with E-state index in [2.05, 4.69) is 23.6 Å². The van der Waals surface area contributed by atoms with Gasteiger partial charge in [-0.25, -0.2) is 0 Å². The summed E-state index contributed by atoms with van der Waals surface area (Å²) in [5.74, 6) is 4.12. The Kier molecular flexibility index (Phi) is 5.44. The van der Waals surface area contributed by atoms with Crippen molar-refractivity contribution in [1.82, 2.24) is 4.90 Å². The fraction of sp³-hybridized carbons (Fsp3) is 1.00. The van der Waals surface area contributed by atoms with Gasteiger partial charge in [0, 0.05) is 30.5 Å². The molecule has 0 bridgehead atoms. The Morgan fingerprint density at radius 1 is 1.42 bits per heavy atom. The van der Waals surface area contributed by atoms with E-state index in [1.807, 2.05) is 0 Å². The lowest BCUT2D eigenvalue weighted by Crippen LogP contribution is -2.34. The van der Waals surface area contributed by atoms with Gasteiger partial charge in [0.25, 0.3) is 0 Å². The van der Waals surface area contributed by atoms with Gasteiger partial charge in [0.05, 0.1) is 0 Å². The Bertz CT molecular complexity index is 115. The molecular weight excluding hydrogens is 190 g/mol. The topological polar surface area (TPSA) is 3.24 Å². The van der Waals surface area contributed by atoms with E-state index < -0.39 is 0 Å². The summed E-state index contributed by atoms with van der Waals surface area (Å²) in [6, 6.07) is 0. The van der Waals surface area contributed by atoms with Gasteiger partial charge in [0.15, 0.2) is 0 Å². The van der Waals surface area contributed by atoms with Gasteiger partial charge in [-0.1, -0.05) is 6.92 Å². The normalized spacial score (nSPS) is 22.5. The van der Waals surface area contributed by atoms with Crippen LogP contribution < -0.4 is 0 Å². The Labute approximate surface area is 84.8 Å². The second kappa shape index (κ2) is 6.11. The molecule has 1 rings (SSSR count). The fourth-order valence-electron chi connectivity index (χ4n) is 1.30. The molecule has 1 aliphatic rings. The zero-order valence-electron chi connectivity index (χ0n) is 7.76. The molecule has 0 aromatic carbocycles. The van der Waals surface area contributed by atoms with Crippen molar-refractivity contribution in [2.45, 2.75) is 13.3 Å². The van der Waals surface area contributed by atoms with Crippen LogP contribution in [-0.2, 0) is 0 Å². The minimum absolute atomic E-state index is 0.682. The molecule has 1 aliphatic heterocycles. The van der Waals surface area contributed by atoms with Gasteiger partial charge >= 0.3 is 0 Å². The highest BCUT2D eigenvalue weighted by Gasteiger charge is 2.10. The summed E-state index contributed by atoms with van der Waals surface area (Å²) in [6.45, 7) is 6.03. The van der Waals surface area contributed by atoms with E-state index >= 15 is 0 Å². The van der Waals surface area contributed by atoms with Gasteiger partial charge in [0.1, 0.15) is 0 Å². The van der Waals surface area contributed by atoms with Crippen LogP contribution in [0.1, 0.15) is 13.3 Å². The van der Waals surface area contributed by atoms with Crippen LogP contribution in [0.4, 0.5) is 0 Å². The fourth-order valence-corrected chi connectivity index (χ4v) is 2.44. The molecule has 72 valence electrons. The lowest BCUT2D eigenvalue weighted by atomic mass is 10.1. The monoisotopic (exact) mass is 207 g/mol. The predicted molar refractivity (Wildman–Crippen MR) is 58.3 cm³/mol. The van der Waals surface area contributed by atoms with Crippen LogP contribution in [-0.4, -0.2) is 41.9 Å². The summed E-state index contributed by atoms with van der Waals surface area (Å²) in [7, 11) is 0. The van der Waals surface area contributed by atoms with Crippen molar-refractivity contribution in [2.24, 2.45) is 5.92 Å².